The summed E-state index contributed by atoms with van der Waals surface area (Å²) >= 11 is 4.00. The van der Waals surface area contributed by atoms with Crippen LogP contribution in [0.5, 0.6) is 0 Å². The van der Waals surface area contributed by atoms with Gasteiger partial charge in [-0.2, -0.15) is 23.5 Å². The molecule has 0 radical (unpaired) electrons. The van der Waals surface area contributed by atoms with Gasteiger partial charge in [-0.1, -0.05) is 37.3 Å². The second-order valence-electron chi connectivity index (χ2n) is 5.35. The summed E-state index contributed by atoms with van der Waals surface area (Å²) in [6, 6.07) is 10.0. The molecule has 0 amide bonds. The smallest absolute Gasteiger partial charge is 0.0824 e. The molecule has 6 heteroatoms. The maximum atomic E-state index is 6.52. The van der Waals surface area contributed by atoms with E-state index in [0.717, 1.165) is 17.1 Å². The maximum Gasteiger partial charge on any atom is 0.0824 e. The molecule has 2 N–H and O–H groups in total. The summed E-state index contributed by atoms with van der Waals surface area (Å²) < 4.78 is 1.86. The topological polar surface area (TPSA) is 56.7 Å². The summed E-state index contributed by atoms with van der Waals surface area (Å²) in [4.78, 5) is 0. The van der Waals surface area contributed by atoms with Gasteiger partial charge in [0.1, 0.15) is 0 Å². The minimum Gasteiger partial charge on any atom is -0.322 e. The predicted octanol–water partition coefficient (Wildman–Crippen LogP) is 2.89. The van der Waals surface area contributed by atoms with E-state index in [1.165, 1.54) is 0 Å². The van der Waals surface area contributed by atoms with E-state index in [1.807, 2.05) is 58.5 Å². The number of rotatable bonds is 3. The molecule has 112 valence electrons. The molecular weight excluding hydrogens is 300 g/mol. The average molecular weight is 320 g/mol. The monoisotopic (exact) mass is 320 g/mol. The first-order valence-corrected chi connectivity index (χ1v) is 9.14. The van der Waals surface area contributed by atoms with E-state index in [-0.39, 0.29) is 6.04 Å². The van der Waals surface area contributed by atoms with Crippen molar-refractivity contribution in [2.24, 2.45) is 5.73 Å². The lowest BCUT2D eigenvalue weighted by Crippen LogP contribution is -2.35. The lowest BCUT2D eigenvalue weighted by molar-refractivity contribution is 0.643. The highest BCUT2D eigenvalue weighted by molar-refractivity contribution is 8.07. The van der Waals surface area contributed by atoms with Gasteiger partial charge in [0.05, 0.1) is 23.6 Å². The number of hydrogen-bond donors (Lipinski definition) is 1. The predicted molar refractivity (Wildman–Crippen MR) is 91.0 cm³/mol. The molecule has 2 heterocycles. The third-order valence-corrected chi connectivity index (χ3v) is 7.41. The molecule has 1 saturated heterocycles. The zero-order chi connectivity index (χ0) is 14.8. The van der Waals surface area contributed by atoms with Gasteiger partial charge in [-0.05, 0) is 12.1 Å². The molecule has 0 saturated carbocycles. The summed E-state index contributed by atoms with van der Waals surface area (Å²) in [7, 11) is 0. The fraction of sp³-hybridized carbons (Fsp3) is 0.467. The summed E-state index contributed by atoms with van der Waals surface area (Å²) in [5.74, 6) is 1.08. The third kappa shape index (κ3) is 3.12. The van der Waals surface area contributed by atoms with Gasteiger partial charge in [0.2, 0.25) is 0 Å². The van der Waals surface area contributed by atoms with Crippen LogP contribution < -0.4 is 5.73 Å². The maximum absolute atomic E-state index is 6.52. The zero-order valence-electron chi connectivity index (χ0n) is 12.2. The molecule has 1 aromatic heterocycles. The third-order valence-electron chi connectivity index (χ3n) is 3.89. The highest BCUT2D eigenvalue weighted by Gasteiger charge is 2.32. The van der Waals surface area contributed by atoms with Gasteiger partial charge in [0.25, 0.3) is 0 Å². The number of aromatic nitrogens is 3. The molecule has 0 spiro atoms. The van der Waals surface area contributed by atoms with E-state index < -0.39 is 0 Å². The molecular formula is C15H20N4S2. The second-order valence-corrected chi connectivity index (χ2v) is 8.38. The molecule has 3 rings (SSSR count). The van der Waals surface area contributed by atoms with E-state index >= 15 is 0 Å². The Morgan fingerprint density at radius 1 is 1.24 bits per heavy atom. The Balaban J connectivity index is 1.83. The van der Waals surface area contributed by atoms with E-state index in [9.17, 15) is 0 Å². The molecule has 1 aliphatic rings. The first-order chi connectivity index (χ1) is 10.2. The van der Waals surface area contributed by atoms with E-state index in [2.05, 4.69) is 24.2 Å². The molecule has 1 aromatic carbocycles. The van der Waals surface area contributed by atoms with Gasteiger partial charge < -0.3 is 5.73 Å². The van der Waals surface area contributed by atoms with Gasteiger partial charge in [-0.25, -0.2) is 4.68 Å². The van der Waals surface area contributed by atoms with Gasteiger partial charge in [-0.15, -0.1) is 5.10 Å². The first-order valence-electron chi connectivity index (χ1n) is 7.15. The number of para-hydroxylation sites is 1. The van der Waals surface area contributed by atoms with Gasteiger partial charge in [0, 0.05) is 21.5 Å². The van der Waals surface area contributed by atoms with Crippen LogP contribution in [0.3, 0.4) is 0 Å². The van der Waals surface area contributed by atoms with Crippen LogP contribution in [-0.2, 0) is 0 Å². The van der Waals surface area contributed by atoms with Crippen molar-refractivity contribution in [1.29, 1.82) is 0 Å². The summed E-state index contributed by atoms with van der Waals surface area (Å²) in [6.45, 7) is 4.58. The van der Waals surface area contributed by atoms with Crippen molar-refractivity contribution in [3.63, 3.8) is 0 Å². The lowest BCUT2D eigenvalue weighted by Gasteiger charge is -2.34. The Labute approximate surface area is 133 Å². The highest BCUT2D eigenvalue weighted by Crippen LogP contribution is 2.40. The number of benzene rings is 1. The lowest BCUT2D eigenvalue weighted by atomic mass is 10.1. The average Bonchev–Trinajstić information content (AvgIpc) is 2.99. The number of nitrogens with zero attached hydrogens (tertiary/aromatic N) is 3. The van der Waals surface area contributed by atoms with E-state index in [4.69, 9.17) is 5.73 Å². The van der Waals surface area contributed by atoms with Crippen LogP contribution in [0.1, 0.15) is 25.6 Å². The molecule has 2 aromatic rings. The zero-order valence-corrected chi connectivity index (χ0v) is 13.8. The van der Waals surface area contributed by atoms with E-state index in [0.29, 0.717) is 15.7 Å². The largest absolute Gasteiger partial charge is 0.322 e. The van der Waals surface area contributed by atoms with Crippen LogP contribution in [0, 0.1) is 0 Å². The molecule has 4 atom stereocenters. The molecule has 1 aliphatic heterocycles. The van der Waals surface area contributed by atoms with Crippen LogP contribution >= 0.6 is 23.5 Å². The molecule has 4 nitrogen and oxygen atoms in total. The van der Waals surface area contributed by atoms with Crippen LogP contribution in [0.15, 0.2) is 36.5 Å². The standard InChI is InChI=1S/C15H20N4S2/c1-10-11(2)21-14(9-20-10)15(16)13-8-17-18-19(13)12-6-4-3-5-7-12/h3-8,10-11,14-15H,9,16H2,1-2H3. The fourth-order valence-corrected chi connectivity index (χ4v) is 5.46. The normalized spacial score (nSPS) is 27.5. The molecule has 1 fully saturated rings. The number of hydrogen-bond acceptors (Lipinski definition) is 5. The van der Waals surface area contributed by atoms with Crippen molar-refractivity contribution >= 4 is 23.5 Å². The summed E-state index contributed by atoms with van der Waals surface area (Å²) in [6.07, 6.45) is 1.80. The van der Waals surface area contributed by atoms with Gasteiger partial charge in [0.15, 0.2) is 0 Å². The number of nitrogens with two attached hydrogens (primary N) is 1. The van der Waals surface area contributed by atoms with Crippen molar-refractivity contribution in [3.05, 3.63) is 42.2 Å². The molecule has 0 bridgehead atoms. The minimum absolute atomic E-state index is 0.0485. The highest BCUT2D eigenvalue weighted by atomic mass is 32.2. The summed E-state index contributed by atoms with van der Waals surface area (Å²) in [5.41, 5.74) is 8.52. The van der Waals surface area contributed by atoms with Crippen molar-refractivity contribution in [2.45, 2.75) is 35.6 Å². The van der Waals surface area contributed by atoms with Crippen LogP contribution in [0.2, 0.25) is 0 Å². The van der Waals surface area contributed by atoms with Crippen molar-refractivity contribution in [2.75, 3.05) is 5.75 Å². The Hall–Kier alpha value is -0.980. The van der Waals surface area contributed by atoms with Crippen molar-refractivity contribution in [3.8, 4) is 5.69 Å². The Kier molecular flexibility index (Phi) is 4.57. The SMILES string of the molecule is CC1SCC(C(N)c2cnnn2-c2ccccc2)SC1C. The Morgan fingerprint density at radius 3 is 2.71 bits per heavy atom. The molecule has 21 heavy (non-hydrogen) atoms. The first kappa shape index (κ1) is 14.9. The van der Waals surface area contributed by atoms with Crippen LogP contribution in [-0.4, -0.2) is 36.5 Å². The Bertz CT molecular complexity index is 586. The number of thioether (sulfide) groups is 2. The van der Waals surface area contributed by atoms with Crippen molar-refractivity contribution < 1.29 is 0 Å². The van der Waals surface area contributed by atoms with Gasteiger partial charge >= 0.3 is 0 Å². The van der Waals surface area contributed by atoms with Crippen LogP contribution in [0.4, 0.5) is 0 Å². The molecule has 0 aliphatic carbocycles. The fourth-order valence-electron chi connectivity index (χ4n) is 2.43. The molecule has 4 unspecified atom stereocenters. The van der Waals surface area contributed by atoms with Gasteiger partial charge in [-0.3, -0.25) is 0 Å². The quantitative estimate of drug-likeness (QED) is 0.942. The Morgan fingerprint density at radius 2 is 2.00 bits per heavy atom. The van der Waals surface area contributed by atoms with Crippen molar-refractivity contribution in [1.82, 2.24) is 15.0 Å². The summed E-state index contributed by atoms with van der Waals surface area (Å²) in [5, 5.41) is 9.99. The van der Waals surface area contributed by atoms with E-state index in [1.54, 1.807) is 6.20 Å². The second kappa shape index (κ2) is 6.42. The van der Waals surface area contributed by atoms with Crippen LogP contribution in [0.25, 0.3) is 5.69 Å². The minimum atomic E-state index is -0.0485.